The monoisotopic (exact) mass is 366 g/mol. The Balaban J connectivity index is 1.45. The first kappa shape index (κ1) is 18.5. The standard InChI is InChI=1S/C20H22N4O3/c1-23(13-16-4-2-15(12-21)3-5-16)20(26)22-18-6-9-24(10-7-18)19(25)17-8-11-27-14-17/h2-5,8,11,14,18H,6-7,9-10,13H2,1H3,(H,22,26). The number of amides is 3. The molecule has 27 heavy (non-hydrogen) atoms. The summed E-state index contributed by atoms with van der Waals surface area (Å²) in [7, 11) is 1.74. The lowest BCUT2D eigenvalue weighted by molar-refractivity contribution is 0.0706. The van der Waals surface area contributed by atoms with Gasteiger partial charge in [0, 0.05) is 32.7 Å². The van der Waals surface area contributed by atoms with Crippen LogP contribution in [0.3, 0.4) is 0 Å². The van der Waals surface area contributed by atoms with Crippen molar-refractivity contribution < 1.29 is 14.0 Å². The average Bonchev–Trinajstić information content (AvgIpc) is 3.23. The Morgan fingerprint density at radius 3 is 2.56 bits per heavy atom. The summed E-state index contributed by atoms with van der Waals surface area (Å²) in [4.78, 5) is 28.1. The molecule has 0 atom stereocenters. The molecule has 1 aromatic carbocycles. The van der Waals surface area contributed by atoms with E-state index >= 15 is 0 Å². The first-order valence-corrected chi connectivity index (χ1v) is 8.89. The number of urea groups is 1. The lowest BCUT2D eigenvalue weighted by Gasteiger charge is -2.33. The molecular weight excluding hydrogens is 344 g/mol. The van der Waals surface area contributed by atoms with Gasteiger partial charge in [-0.2, -0.15) is 5.26 Å². The first-order chi connectivity index (χ1) is 13.1. The molecule has 0 aliphatic carbocycles. The SMILES string of the molecule is CN(Cc1ccc(C#N)cc1)C(=O)NC1CCN(C(=O)c2ccoc2)CC1. The second-order valence-corrected chi connectivity index (χ2v) is 6.69. The summed E-state index contributed by atoms with van der Waals surface area (Å²) in [5.41, 5.74) is 2.12. The van der Waals surface area contributed by atoms with Crippen LogP contribution in [0.25, 0.3) is 0 Å². The minimum atomic E-state index is -0.140. The quantitative estimate of drug-likeness (QED) is 0.901. The molecule has 0 bridgehead atoms. The number of likely N-dealkylation sites (tertiary alicyclic amines) is 1. The summed E-state index contributed by atoms with van der Waals surface area (Å²) in [6.07, 6.45) is 4.39. The Morgan fingerprint density at radius 1 is 1.26 bits per heavy atom. The van der Waals surface area contributed by atoms with Crippen molar-refractivity contribution in [3.63, 3.8) is 0 Å². The molecule has 1 saturated heterocycles. The largest absolute Gasteiger partial charge is 0.472 e. The summed E-state index contributed by atoms with van der Waals surface area (Å²) < 4.78 is 4.96. The Morgan fingerprint density at radius 2 is 1.96 bits per heavy atom. The molecule has 0 radical (unpaired) electrons. The summed E-state index contributed by atoms with van der Waals surface area (Å²) in [6, 6.07) is 10.8. The van der Waals surface area contributed by atoms with E-state index in [2.05, 4.69) is 11.4 Å². The van der Waals surface area contributed by atoms with Crippen molar-refractivity contribution >= 4 is 11.9 Å². The van der Waals surface area contributed by atoms with Crippen LogP contribution in [0.2, 0.25) is 0 Å². The lowest BCUT2D eigenvalue weighted by atomic mass is 10.0. The fraction of sp³-hybridized carbons (Fsp3) is 0.350. The molecule has 140 valence electrons. The van der Waals surface area contributed by atoms with Gasteiger partial charge < -0.3 is 19.5 Å². The molecule has 2 heterocycles. The number of nitrogens with one attached hydrogen (secondary N) is 1. The normalized spacial score (nSPS) is 14.4. The third kappa shape index (κ3) is 4.67. The van der Waals surface area contributed by atoms with Gasteiger partial charge in [-0.3, -0.25) is 4.79 Å². The van der Waals surface area contributed by atoms with E-state index in [1.165, 1.54) is 12.5 Å². The Labute approximate surface area is 158 Å². The number of benzene rings is 1. The number of furan rings is 1. The average molecular weight is 366 g/mol. The Hall–Kier alpha value is -3.27. The van der Waals surface area contributed by atoms with Crippen LogP contribution in [0.5, 0.6) is 0 Å². The molecule has 0 spiro atoms. The van der Waals surface area contributed by atoms with Gasteiger partial charge in [-0.05, 0) is 36.6 Å². The van der Waals surface area contributed by atoms with Crippen LogP contribution >= 0.6 is 0 Å². The van der Waals surface area contributed by atoms with E-state index in [1.54, 1.807) is 35.0 Å². The van der Waals surface area contributed by atoms with Gasteiger partial charge in [0.1, 0.15) is 6.26 Å². The maximum absolute atomic E-state index is 12.4. The number of carbonyl (C=O) groups excluding carboxylic acids is 2. The van der Waals surface area contributed by atoms with Gasteiger partial charge in [0.2, 0.25) is 0 Å². The fourth-order valence-corrected chi connectivity index (χ4v) is 3.11. The van der Waals surface area contributed by atoms with E-state index < -0.39 is 0 Å². The second-order valence-electron chi connectivity index (χ2n) is 6.69. The van der Waals surface area contributed by atoms with Crippen LogP contribution in [-0.4, -0.2) is 47.9 Å². The molecule has 7 heteroatoms. The predicted octanol–water partition coefficient (Wildman–Crippen LogP) is 2.60. The maximum atomic E-state index is 12.4. The van der Waals surface area contributed by atoms with E-state index in [-0.39, 0.29) is 18.0 Å². The molecule has 7 nitrogen and oxygen atoms in total. The number of hydrogen-bond donors (Lipinski definition) is 1. The third-order valence-electron chi connectivity index (χ3n) is 4.73. The van der Waals surface area contributed by atoms with Crippen LogP contribution in [0.15, 0.2) is 47.3 Å². The number of nitriles is 1. The van der Waals surface area contributed by atoms with Crippen molar-refractivity contribution in [2.24, 2.45) is 0 Å². The van der Waals surface area contributed by atoms with Gasteiger partial charge in [0.15, 0.2) is 0 Å². The Bertz CT molecular complexity index is 816. The van der Waals surface area contributed by atoms with Gasteiger partial charge in [-0.15, -0.1) is 0 Å². The zero-order valence-electron chi connectivity index (χ0n) is 15.2. The highest BCUT2D eigenvalue weighted by atomic mass is 16.3. The molecule has 2 aromatic rings. The molecule has 1 fully saturated rings. The van der Waals surface area contributed by atoms with Crippen molar-refractivity contribution in [1.29, 1.82) is 5.26 Å². The summed E-state index contributed by atoms with van der Waals surface area (Å²) in [5, 5.41) is 11.9. The van der Waals surface area contributed by atoms with Gasteiger partial charge >= 0.3 is 6.03 Å². The zero-order chi connectivity index (χ0) is 19.2. The number of hydrogen-bond acceptors (Lipinski definition) is 4. The number of nitrogens with zero attached hydrogens (tertiary/aromatic N) is 3. The summed E-state index contributed by atoms with van der Waals surface area (Å²) in [5.74, 6) is -0.0357. The Kier molecular flexibility index (Phi) is 5.77. The van der Waals surface area contributed by atoms with Gasteiger partial charge in [-0.1, -0.05) is 12.1 Å². The van der Waals surface area contributed by atoms with Crippen molar-refractivity contribution in [1.82, 2.24) is 15.1 Å². The molecule has 1 aliphatic rings. The van der Waals surface area contributed by atoms with E-state index in [4.69, 9.17) is 9.68 Å². The van der Waals surface area contributed by atoms with Crippen LogP contribution in [-0.2, 0) is 6.54 Å². The predicted molar refractivity (Wildman–Crippen MR) is 98.8 cm³/mol. The highest BCUT2D eigenvalue weighted by Gasteiger charge is 2.25. The molecule has 1 aromatic heterocycles. The molecule has 3 rings (SSSR count). The molecule has 1 N–H and O–H groups in total. The second kappa shape index (κ2) is 8.41. The van der Waals surface area contributed by atoms with Crippen LogP contribution in [0, 0.1) is 11.3 Å². The first-order valence-electron chi connectivity index (χ1n) is 8.89. The van der Waals surface area contributed by atoms with Gasteiger partial charge in [-0.25, -0.2) is 4.79 Å². The third-order valence-corrected chi connectivity index (χ3v) is 4.73. The molecule has 3 amide bonds. The number of carbonyl (C=O) groups is 2. The van der Waals surface area contributed by atoms with E-state index in [0.29, 0.717) is 30.8 Å². The number of rotatable bonds is 4. The minimum Gasteiger partial charge on any atom is -0.472 e. The van der Waals surface area contributed by atoms with Gasteiger partial charge in [0.05, 0.1) is 23.5 Å². The smallest absolute Gasteiger partial charge is 0.317 e. The van der Waals surface area contributed by atoms with Crippen molar-refractivity contribution in [2.75, 3.05) is 20.1 Å². The van der Waals surface area contributed by atoms with Crippen molar-refractivity contribution in [2.45, 2.75) is 25.4 Å². The molecule has 1 aliphatic heterocycles. The molecule has 0 unspecified atom stereocenters. The van der Waals surface area contributed by atoms with Crippen LogP contribution in [0.4, 0.5) is 4.79 Å². The van der Waals surface area contributed by atoms with Gasteiger partial charge in [0.25, 0.3) is 5.91 Å². The molecular formula is C20H22N4O3. The fourth-order valence-electron chi connectivity index (χ4n) is 3.11. The summed E-state index contributed by atoms with van der Waals surface area (Å²) in [6.45, 7) is 1.68. The highest BCUT2D eigenvalue weighted by Crippen LogP contribution is 2.15. The zero-order valence-corrected chi connectivity index (χ0v) is 15.2. The minimum absolute atomic E-state index is 0.0357. The maximum Gasteiger partial charge on any atom is 0.317 e. The molecule has 0 saturated carbocycles. The lowest BCUT2D eigenvalue weighted by Crippen LogP contribution is -2.49. The van der Waals surface area contributed by atoms with E-state index in [1.807, 2.05) is 12.1 Å². The highest BCUT2D eigenvalue weighted by molar-refractivity contribution is 5.93. The van der Waals surface area contributed by atoms with Crippen LogP contribution in [0.1, 0.15) is 34.3 Å². The number of piperidine rings is 1. The van der Waals surface area contributed by atoms with Crippen molar-refractivity contribution in [3.05, 3.63) is 59.5 Å². The van der Waals surface area contributed by atoms with E-state index in [9.17, 15) is 9.59 Å². The topological polar surface area (TPSA) is 89.6 Å². The summed E-state index contributed by atoms with van der Waals surface area (Å²) >= 11 is 0. The van der Waals surface area contributed by atoms with E-state index in [0.717, 1.165) is 18.4 Å². The van der Waals surface area contributed by atoms with Crippen molar-refractivity contribution in [3.8, 4) is 6.07 Å². The van der Waals surface area contributed by atoms with Crippen LogP contribution < -0.4 is 5.32 Å².